The first kappa shape index (κ1) is 18.6. The highest BCUT2D eigenvalue weighted by Crippen LogP contribution is 2.24. The average molecular weight is 380 g/mol. The van der Waals surface area contributed by atoms with Crippen LogP contribution >= 0.6 is 0 Å². The van der Waals surface area contributed by atoms with Crippen LogP contribution < -0.4 is 5.32 Å². The summed E-state index contributed by atoms with van der Waals surface area (Å²) in [6.45, 7) is 3.97. The Labute approximate surface area is 163 Å². The molecular weight excluding hydrogens is 356 g/mol. The molecule has 1 aromatic heterocycles. The van der Waals surface area contributed by atoms with Crippen LogP contribution in [0.1, 0.15) is 29.5 Å². The van der Waals surface area contributed by atoms with Gasteiger partial charge in [0, 0.05) is 26.2 Å². The Morgan fingerprint density at radius 3 is 2.89 bits per heavy atom. The van der Waals surface area contributed by atoms with Gasteiger partial charge < -0.3 is 15.3 Å². The summed E-state index contributed by atoms with van der Waals surface area (Å²) in [4.78, 5) is 14.7. The van der Waals surface area contributed by atoms with E-state index in [2.05, 4.69) is 21.7 Å². The van der Waals surface area contributed by atoms with Gasteiger partial charge in [-0.3, -0.25) is 4.79 Å². The smallest absolute Gasteiger partial charge is 0.256 e. The van der Waals surface area contributed by atoms with E-state index in [-0.39, 0.29) is 12.5 Å². The third kappa shape index (κ3) is 3.90. The molecule has 4 rings (SSSR count). The molecule has 1 saturated heterocycles. The van der Waals surface area contributed by atoms with Gasteiger partial charge in [-0.25, -0.2) is 4.63 Å². The monoisotopic (exact) mass is 380 g/mol. The Kier molecular flexibility index (Phi) is 5.11. The van der Waals surface area contributed by atoms with Gasteiger partial charge in [0.05, 0.1) is 0 Å². The van der Waals surface area contributed by atoms with Gasteiger partial charge in [-0.1, -0.05) is 35.9 Å². The molecule has 1 aliphatic heterocycles. The number of rotatable bonds is 6. The van der Waals surface area contributed by atoms with Crippen LogP contribution in [0.5, 0.6) is 0 Å². The Bertz CT molecular complexity index is 986. The van der Waals surface area contributed by atoms with Crippen LogP contribution in [0.3, 0.4) is 0 Å². The fraction of sp³-hybridized carbons (Fsp3) is 0.381. The number of fused-ring (bicyclic) bond motifs is 1. The number of aliphatic hydroxyl groups is 1. The molecule has 1 amide bonds. The number of hydrogen-bond acceptors (Lipinski definition) is 6. The molecule has 0 bridgehead atoms. The zero-order valence-electron chi connectivity index (χ0n) is 15.9. The molecule has 1 aliphatic rings. The van der Waals surface area contributed by atoms with E-state index >= 15 is 0 Å². The summed E-state index contributed by atoms with van der Waals surface area (Å²) in [6, 6.07) is 13.8. The number of aryl methyl sites for hydroxylation is 1. The van der Waals surface area contributed by atoms with Gasteiger partial charge in [-0.05, 0) is 53.3 Å². The number of carbonyl (C=O) groups excluding carboxylic acids is 1. The number of carbonyl (C=O) groups is 1. The molecule has 7 nitrogen and oxygen atoms in total. The predicted molar refractivity (Wildman–Crippen MR) is 104 cm³/mol. The van der Waals surface area contributed by atoms with Crippen molar-refractivity contribution >= 4 is 16.9 Å². The van der Waals surface area contributed by atoms with Crippen molar-refractivity contribution < 1.29 is 14.5 Å². The van der Waals surface area contributed by atoms with Gasteiger partial charge >= 0.3 is 0 Å². The first-order chi connectivity index (χ1) is 13.5. The zero-order chi connectivity index (χ0) is 19.6. The molecule has 2 aromatic carbocycles. The molecule has 1 unspecified atom stereocenters. The van der Waals surface area contributed by atoms with Crippen LogP contribution in [-0.2, 0) is 17.9 Å². The zero-order valence-corrected chi connectivity index (χ0v) is 15.9. The standard InChI is InChI=1S/C21H24N4O3/c1-15-4-2-5-17(10-15)13-25-9-3-8-21(27,20(25)26)14-22-12-16-6-7-18-19(11-16)24-28-23-18/h2,4-7,10-11,22,27H,3,8-9,12-14H2,1H3. The minimum absolute atomic E-state index is 0.205. The molecule has 0 aliphatic carbocycles. The van der Waals surface area contributed by atoms with Gasteiger partial charge in [0.15, 0.2) is 5.60 Å². The van der Waals surface area contributed by atoms with Crippen LogP contribution in [0.25, 0.3) is 11.0 Å². The maximum absolute atomic E-state index is 12.9. The molecule has 28 heavy (non-hydrogen) atoms. The molecule has 2 heterocycles. The van der Waals surface area contributed by atoms with E-state index in [1.807, 2.05) is 43.3 Å². The number of benzene rings is 2. The maximum atomic E-state index is 12.9. The molecule has 146 valence electrons. The van der Waals surface area contributed by atoms with Crippen molar-refractivity contribution in [1.82, 2.24) is 20.5 Å². The van der Waals surface area contributed by atoms with Crippen LogP contribution in [0.2, 0.25) is 0 Å². The Balaban J connectivity index is 1.37. The molecule has 3 aromatic rings. The van der Waals surface area contributed by atoms with Crippen molar-refractivity contribution in [1.29, 1.82) is 0 Å². The summed E-state index contributed by atoms with van der Waals surface area (Å²) in [5.41, 5.74) is 3.26. The first-order valence-corrected chi connectivity index (χ1v) is 9.53. The van der Waals surface area contributed by atoms with Crippen molar-refractivity contribution in [3.8, 4) is 0 Å². The normalized spacial score (nSPS) is 20.1. The summed E-state index contributed by atoms with van der Waals surface area (Å²) < 4.78 is 4.71. The van der Waals surface area contributed by atoms with Gasteiger partial charge in [-0.15, -0.1) is 0 Å². The second-order valence-electron chi connectivity index (χ2n) is 7.54. The Morgan fingerprint density at radius 1 is 1.18 bits per heavy atom. The molecule has 1 atom stereocenters. The minimum atomic E-state index is -1.37. The number of nitrogens with one attached hydrogen (secondary N) is 1. The van der Waals surface area contributed by atoms with Crippen molar-refractivity contribution in [3.63, 3.8) is 0 Å². The van der Waals surface area contributed by atoms with Gasteiger partial charge in [0.25, 0.3) is 5.91 Å². The highest BCUT2D eigenvalue weighted by Gasteiger charge is 2.41. The van der Waals surface area contributed by atoms with Crippen LogP contribution in [0, 0.1) is 6.92 Å². The van der Waals surface area contributed by atoms with Crippen LogP contribution in [0.4, 0.5) is 0 Å². The quantitative estimate of drug-likeness (QED) is 0.681. The van der Waals surface area contributed by atoms with Crippen molar-refractivity contribution in [2.45, 2.75) is 38.5 Å². The van der Waals surface area contributed by atoms with E-state index in [4.69, 9.17) is 4.63 Å². The molecule has 1 fully saturated rings. The number of piperidine rings is 1. The third-order valence-corrected chi connectivity index (χ3v) is 5.22. The second-order valence-corrected chi connectivity index (χ2v) is 7.54. The summed E-state index contributed by atoms with van der Waals surface area (Å²) in [5, 5.41) is 21.8. The topological polar surface area (TPSA) is 91.5 Å². The maximum Gasteiger partial charge on any atom is 0.256 e. The molecule has 2 N–H and O–H groups in total. The van der Waals surface area contributed by atoms with E-state index in [1.54, 1.807) is 4.90 Å². The number of likely N-dealkylation sites (tertiary alicyclic amines) is 1. The van der Waals surface area contributed by atoms with Gasteiger partial charge in [0.1, 0.15) is 11.0 Å². The van der Waals surface area contributed by atoms with E-state index in [9.17, 15) is 9.90 Å². The molecule has 7 heteroatoms. The molecular formula is C21H24N4O3. The predicted octanol–water partition coefficient (Wildman–Crippen LogP) is 2.17. The number of hydrogen-bond donors (Lipinski definition) is 2. The van der Waals surface area contributed by atoms with Crippen molar-refractivity contribution in [2.75, 3.05) is 13.1 Å². The largest absolute Gasteiger partial charge is 0.379 e. The number of aromatic nitrogens is 2. The lowest BCUT2D eigenvalue weighted by Gasteiger charge is -2.38. The minimum Gasteiger partial charge on any atom is -0.379 e. The highest BCUT2D eigenvalue weighted by atomic mass is 16.6. The lowest BCUT2D eigenvalue weighted by Crippen LogP contribution is -2.57. The summed E-state index contributed by atoms with van der Waals surface area (Å²) in [5.74, 6) is -0.205. The third-order valence-electron chi connectivity index (χ3n) is 5.22. The number of amides is 1. The summed E-state index contributed by atoms with van der Waals surface area (Å²) in [6.07, 6.45) is 1.25. The first-order valence-electron chi connectivity index (χ1n) is 9.53. The van der Waals surface area contributed by atoms with E-state index < -0.39 is 5.60 Å². The van der Waals surface area contributed by atoms with E-state index in [1.165, 1.54) is 0 Å². The fourth-order valence-corrected chi connectivity index (χ4v) is 3.76. The lowest BCUT2D eigenvalue weighted by molar-refractivity contribution is -0.157. The molecule has 0 radical (unpaired) electrons. The molecule has 0 spiro atoms. The van der Waals surface area contributed by atoms with E-state index in [0.29, 0.717) is 37.1 Å². The van der Waals surface area contributed by atoms with Gasteiger partial charge in [-0.2, -0.15) is 0 Å². The summed E-state index contributed by atoms with van der Waals surface area (Å²) in [7, 11) is 0. The lowest BCUT2D eigenvalue weighted by atomic mass is 9.91. The second kappa shape index (κ2) is 7.69. The number of nitrogens with zero attached hydrogens (tertiary/aromatic N) is 3. The summed E-state index contributed by atoms with van der Waals surface area (Å²) >= 11 is 0. The van der Waals surface area contributed by atoms with Gasteiger partial charge in [0.2, 0.25) is 0 Å². The molecule has 0 saturated carbocycles. The van der Waals surface area contributed by atoms with Crippen molar-refractivity contribution in [2.24, 2.45) is 0 Å². The van der Waals surface area contributed by atoms with Crippen molar-refractivity contribution in [3.05, 3.63) is 59.2 Å². The fourth-order valence-electron chi connectivity index (χ4n) is 3.76. The van der Waals surface area contributed by atoms with Crippen LogP contribution in [-0.4, -0.2) is 44.9 Å². The Hall–Kier alpha value is -2.77. The SMILES string of the molecule is Cc1cccc(CN2CCCC(O)(CNCc3ccc4nonc4c3)C2=O)c1. The van der Waals surface area contributed by atoms with E-state index in [0.717, 1.165) is 23.1 Å². The van der Waals surface area contributed by atoms with Crippen LogP contribution in [0.15, 0.2) is 47.1 Å². The Morgan fingerprint density at radius 2 is 2.04 bits per heavy atom. The average Bonchev–Trinajstić information content (AvgIpc) is 3.14. The highest BCUT2D eigenvalue weighted by molar-refractivity contribution is 5.86.